The summed E-state index contributed by atoms with van der Waals surface area (Å²) in [5.41, 5.74) is 0. The van der Waals surface area contributed by atoms with Gasteiger partial charge in [-0.15, -0.1) is 0 Å². The van der Waals surface area contributed by atoms with Crippen molar-refractivity contribution in [3.05, 3.63) is 24.0 Å². The van der Waals surface area contributed by atoms with E-state index in [1.165, 1.54) is 12.2 Å². The summed E-state index contributed by atoms with van der Waals surface area (Å²) in [6.45, 7) is 3.36. The molecule has 64 valence electrons. The van der Waals surface area contributed by atoms with Crippen LogP contribution in [0, 0.1) is 0 Å². The van der Waals surface area contributed by atoms with E-state index in [1.807, 2.05) is 0 Å². The molecule has 0 heterocycles. The molecule has 11 heavy (non-hydrogen) atoms. The van der Waals surface area contributed by atoms with Gasteiger partial charge in [0.1, 0.15) is 5.76 Å². The van der Waals surface area contributed by atoms with Gasteiger partial charge < -0.3 is 4.52 Å². The zero-order valence-electron chi connectivity index (χ0n) is 6.39. The standard InChI is InChI=1S/C6H11O4P/c1-3-5-6(4-2)10-11(7,8)9/h3-5H,1-2H3,(H2,7,8,9). The second kappa shape index (κ2) is 4.34. The van der Waals surface area contributed by atoms with Crippen LogP contribution in [-0.2, 0) is 9.09 Å². The monoisotopic (exact) mass is 178 g/mol. The van der Waals surface area contributed by atoms with Crippen molar-refractivity contribution in [1.29, 1.82) is 0 Å². The van der Waals surface area contributed by atoms with E-state index in [4.69, 9.17) is 9.79 Å². The molecule has 5 heteroatoms. The van der Waals surface area contributed by atoms with Crippen LogP contribution in [0.5, 0.6) is 0 Å². The van der Waals surface area contributed by atoms with Crippen molar-refractivity contribution in [2.45, 2.75) is 13.8 Å². The highest BCUT2D eigenvalue weighted by atomic mass is 31.2. The minimum atomic E-state index is -4.39. The molecular formula is C6H11O4P. The molecule has 0 unspecified atom stereocenters. The fourth-order valence-electron chi connectivity index (χ4n) is 0.481. The normalized spacial score (nSPS) is 14.0. The summed E-state index contributed by atoms with van der Waals surface area (Å²) in [4.78, 5) is 16.7. The Hall–Kier alpha value is -0.570. The lowest BCUT2D eigenvalue weighted by atomic mass is 10.4. The summed E-state index contributed by atoms with van der Waals surface area (Å²) < 4.78 is 14.5. The molecule has 0 amide bonds. The third kappa shape index (κ3) is 5.85. The van der Waals surface area contributed by atoms with Crippen LogP contribution in [0.15, 0.2) is 24.0 Å². The summed E-state index contributed by atoms with van der Waals surface area (Å²) in [6, 6.07) is 0. The van der Waals surface area contributed by atoms with Gasteiger partial charge in [-0.3, -0.25) is 9.79 Å². The third-order valence-corrected chi connectivity index (χ3v) is 1.29. The number of hydrogen-bond donors (Lipinski definition) is 2. The maximum Gasteiger partial charge on any atom is 0.524 e. The summed E-state index contributed by atoms with van der Waals surface area (Å²) in [5, 5.41) is 0. The van der Waals surface area contributed by atoms with Crippen LogP contribution >= 0.6 is 7.82 Å². The van der Waals surface area contributed by atoms with Gasteiger partial charge in [0.2, 0.25) is 0 Å². The molecule has 0 aliphatic heterocycles. The van der Waals surface area contributed by atoms with Crippen LogP contribution in [0.3, 0.4) is 0 Å². The van der Waals surface area contributed by atoms with Gasteiger partial charge in [-0.1, -0.05) is 6.08 Å². The first-order valence-electron chi connectivity index (χ1n) is 3.03. The largest absolute Gasteiger partial charge is 0.524 e. The summed E-state index contributed by atoms with van der Waals surface area (Å²) in [6.07, 6.45) is 4.57. The van der Waals surface area contributed by atoms with E-state index in [0.717, 1.165) is 0 Å². The van der Waals surface area contributed by atoms with E-state index in [9.17, 15) is 4.57 Å². The molecular weight excluding hydrogens is 167 g/mol. The zero-order valence-corrected chi connectivity index (χ0v) is 7.28. The van der Waals surface area contributed by atoms with Crippen LogP contribution in [0.2, 0.25) is 0 Å². The Balaban J connectivity index is 4.24. The quantitative estimate of drug-likeness (QED) is 0.391. The second-order valence-corrected chi connectivity index (χ2v) is 2.94. The highest BCUT2D eigenvalue weighted by molar-refractivity contribution is 7.46. The minimum absolute atomic E-state index is 0.167. The molecule has 0 rings (SSSR count). The first-order valence-corrected chi connectivity index (χ1v) is 4.56. The van der Waals surface area contributed by atoms with Crippen LogP contribution in [0.4, 0.5) is 0 Å². The Morgan fingerprint density at radius 3 is 2.27 bits per heavy atom. The van der Waals surface area contributed by atoms with Crippen molar-refractivity contribution in [3.8, 4) is 0 Å². The molecule has 0 saturated heterocycles. The molecule has 0 aliphatic rings. The van der Waals surface area contributed by atoms with Crippen LogP contribution < -0.4 is 0 Å². The van der Waals surface area contributed by atoms with Crippen LogP contribution in [0.1, 0.15) is 13.8 Å². The summed E-state index contributed by atoms with van der Waals surface area (Å²) >= 11 is 0. The molecule has 0 aromatic heterocycles. The Labute approximate surface area is 65.4 Å². The molecule has 0 saturated carbocycles. The van der Waals surface area contributed by atoms with E-state index < -0.39 is 7.82 Å². The Morgan fingerprint density at radius 2 is 2.00 bits per heavy atom. The van der Waals surface area contributed by atoms with E-state index in [2.05, 4.69) is 4.52 Å². The average molecular weight is 178 g/mol. The third-order valence-electron chi connectivity index (χ3n) is 0.840. The number of phosphoric acid groups is 1. The molecule has 2 N–H and O–H groups in total. The first-order chi connectivity index (χ1) is 4.99. The molecule has 4 nitrogen and oxygen atoms in total. The Kier molecular flexibility index (Phi) is 4.11. The SMILES string of the molecule is CC=CC(=CC)OP(=O)(O)O. The van der Waals surface area contributed by atoms with Gasteiger partial charge in [0.05, 0.1) is 0 Å². The van der Waals surface area contributed by atoms with Crippen molar-refractivity contribution in [3.63, 3.8) is 0 Å². The minimum Gasteiger partial charge on any atom is -0.405 e. The van der Waals surface area contributed by atoms with E-state index in [0.29, 0.717) is 0 Å². The molecule has 0 spiro atoms. The fourth-order valence-corrected chi connectivity index (χ4v) is 0.922. The number of hydrogen-bond acceptors (Lipinski definition) is 2. The Bertz CT molecular complexity index is 213. The number of phosphoric ester groups is 1. The zero-order chi connectivity index (χ0) is 8.91. The molecule has 0 aromatic rings. The topological polar surface area (TPSA) is 66.8 Å². The van der Waals surface area contributed by atoms with Crippen LogP contribution in [-0.4, -0.2) is 9.79 Å². The maximum atomic E-state index is 10.3. The van der Waals surface area contributed by atoms with Gasteiger partial charge in [0.25, 0.3) is 0 Å². The maximum absolute atomic E-state index is 10.3. The van der Waals surface area contributed by atoms with Crippen LogP contribution in [0.25, 0.3) is 0 Å². The molecule has 0 fully saturated rings. The van der Waals surface area contributed by atoms with Gasteiger partial charge in [-0.05, 0) is 26.0 Å². The van der Waals surface area contributed by atoms with Gasteiger partial charge in [-0.25, -0.2) is 4.57 Å². The number of allylic oxidation sites excluding steroid dienone is 3. The lowest BCUT2D eigenvalue weighted by Gasteiger charge is -2.05. The molecule has 0 atom stereocenters. The van der Waals surface area contributed by atoms with E-state index in [1.54, 1.807) is 19.9 Å². The predicted molar refractivity (Wildman–Crippen MR) is 41.7 cm³/mol. The average Bonchev–Trinajstić information content (AvgIpc) is 1.84. The van der Waals surface area contributed by atoms with E-state index >= 15 is 0 Å². The lowest BCUT2D eigenvalue weighted by Crippen LogP contribution is -1.85. The number of rotatable bonds is 3. The Morgan fingerprint density at radius 1 is 1.45 bits per heavy atom. The first kappa shape index (κ1) is 10.4. The smallest absolute Gasteiger partial charge is 0.405 e. The predicted octanol–water partition coefficient (Wildman–Crippen LogP) is 1.58. The van der Waals surface area contributed by atoms with Crippen molar-refractivity contribution < 1.29 is 18.9 Å². The fraction of sp³-hybridized carbons (Fsp3) is 0.333. The summed E-state index contributed by atoms with van der Waals surface area (Å²) in [5.74, 6) is 0.167. The molecule has 0 aliphatic carbocycles. The van der Waals surface area contributed by atoms with Crippen molar-refractivity contribution >= 4 is 7.82 Å². The second-order valence-electron chi connectivity index (χ2n) is 1.77. The van der Waals surface area contributed by atoms with Gasteiger partial charge in [-0.2, -0.15) is 0 Å². The summed E-state index contributed by atoms with van der Waals surface area (Å²) in [7, 11) is -4.39. The van der Waals surface area contributed by atoms with E-state index in [-0.39, 0.29) is 5.76 Å². The van der Waals surface area contributed by atoms with Gasteiger partial charge >= 0.3 is 7.82 Å². The van der Waals surface area contributed by atoms with Gasteiger partial charge in [0, 0.05) is 0 Å². The molecule has 0 aromatic carbocycles. The molecule has 0 bridgehead atoms. The van der Waals surface area contributed by atoms with Gasteiger partial charge in [0.15, 0.2) is 0 Å². The molecule has 0 radical (unpaired) electrons. The lowest BCUT2D eigenvalue weighted by molar-refractivity contribution is 0.247. The highest BCUT2D eigenvalue weighted by Crippen LogP contribution is 2.38. The highest BCUT2D eigenvalue weighted by Gasteiger charge is 2.15. The van der Waals surface area contributed by atoms with Crippen molar-refractivity contribution in [2.24, 2.45) is 0 Å². The van der Waals surface area contributed by atoms with Crippen molar-refractivity contribution in [2.75, 3.05) is 0 Å². The van der Waals surface area contributed by atoms with Crippen molar-refractivity contribution in [1.82, 2.24) is 0 Å².